The third kappa shape index (κ3) is 2.17. The molecule has 0 amide bonds. The second-order valence-electron chi connectivity index (χ2n) is 4.50. The lowest BCUT2D eigenvalue weighted by atomic mass is 9.92. The van der Waals surface area contributed by atoms with Crippen LogP contribution in [0.3, 0.4) is 0 Å². The first-order chi connectivity index (χ1) is 5.04. The van der Waals surface area contributed by atoms with Crippen molar-refractivity contribution in [3.63, 3.8) is 0 Å². The molecule has 1 N–H and O–H groups in total. The fraction of sp³-hybridized carbons (Fsp3) is 1.00. The van der Waals surface area contributed by atoms with E-state index in [-0.39, 0.29) is 0 Å². The molecule has 0 spiro atoms. The van der Waals surface area contributed by atoms with E-state index < -0.39 is 0 Å². The van der Waals surface area contributed by atoms with Crippen LogP contribution in [0.25, 0.3) is 0 Å². The largest absolute Gasteiger partial charge is 0.319 e. The van der Waals surface area contributed by atoms with Crippen LogP contribution in [-0.4, -0.2) is 37.1 Å². The summed E-state index contributed by atoms with van der Waals surface area (Å²) in [5.41, 5.74) is 0.379. The molecule has 0 bridgehead atoms. The molecule has 1 saturated heterocycles. The van der Waals surface area contributed by atoms with Crippen molar-refractivity contribution in [2.75, 3.05) is 26.7 Å². The van der Waals surface area contributed by atoms with Gasteiger partial charge in [0.25, 0.3) is 0 Å². The molecule has 0 aromatic carbocycles. The van der Waals surface area contributed by atoms with Crippen molar-refractivity contribution in [1.29, 1.82) is 0 Å². The summed E-state index contributed by atoms with van der Waals surface area (Å²) in [4.78, 5) is 2.52. The van der Waals surface area contributed by atoms with Gasteiger partial charge in [-0.05, 0) is 33.7 Å². The Morgan fingerprint density at radius 3 is 2.27 bits per heavy atom. The summed E-state index contributed by atoms with van der Waals surface area (Å²) in [6.45, 7) is 10.6. The van der Waals surface area contributed by atoms with Crippen LogP contribution in [0, 0.1) is 5.92 Å². The minimum atomic E-state index is 0.379. The summed E-state index contributed by atoms with van der Waals surface area (Å²) in [6.07, 6.45) is 0. The maximum Gasteiger partial charge on any atom is 0.0125 e. The molecule has 2 nitrogen and oxygen atoms in total. The Morgan fingerprint density at radius 1 is 1.36 bits per heavy atom. The van der Waals surface area contributed by atoms with E-state index in [1.807, 2.05) is 7.05 Å². The van der Waals surface area contributed by atoms with E-state index in [1.54, 1.807) is 0 Å². The molecule has 0 radical (unpaired) electrons. The summed E-state index contributed by atoms with van der Waals surface area (Å²) in [7, 11) is 2.03. The first kappa shape index (κ1) is 9.01. The highest BCUT2D eigenvalue weighted by Gasteiger charge is 2.33. The molecule has 0 unspecified atom stereocenters. The summed E-state index contributed by atoms with van der Waals surface area (Å²) >= 11 is 0. The van der Waals surface area contributed by atoms with Crippen molar-refractivity contribution in [3.05, 3.63) is 0 Å². The highest BCUT2D eigenvalue weighted by Crippen LogP contribution is 2.24. The van der Waals surface area contributed by atoms with Crippen molar-refractivity contribution in [2.45, 2.75) is 26.3 Å². The van der Waals surface area contributed by atoms with Gasteiger partial charge in [-0.2, -0.15) is 0 Å². The van der Waals surface area contributed by atoms with E-state index >= 15 is 0 Å². The molecular weight excluding hydrogens is 136 g/mol. The van der Waals surface area contributed by atoms with Gasteiger partial charge in [-0.15, -0.1) is 0 Å². The molecule has 1 aliphatic rings. The number of nitrogens with zero attached hydrogens (tertiary/aromatic N) is 1. The molecule has 0 atom stereocenters. The number of hydrogen-bond acceptors (Lipinski definition) is 2. The predicted molar refractivity (Wildman–Crippen MR) is 48.7 cm³/mol. The topological polar surface area (TPSA) is 15.3 Å². The van der Waals surface area contributed by atoms with Gasteiger partial charge in [0.1, 0.15) is 0 Å². The average Bonchev–Trinajstić information content (AvgIpc) is 1.74. The lowest BCUT2D eigenvalue weighted by Crippen LogP contribution is -2.57. The average molecular weight is 156 g/mol. The van der Waals surface area contributed by atoms with Gasteiger partial charge >= 0.3 is 0 Å². The molecule has 11 heavy (non-hydrogen) atoms. The number of hydrogen-bond donors (Lipinski definition) is 1. The van der Waals surface area contributed by atoms with Crippen LogP contribution >= 0.6 is 0 Å². The third-order valence-corrected chi connectivity index (χ3v) is 2.40. The van der Waals surface area contributed by atoms with Crippen LogP contribution in [0.15, 0.2) is 0 Å². The van der Waals surface area contributed by atoms with Gasteiger partial charge < -0.3 is 5.32 Å². The zero-order valence-electron chi connectivity index (χ0n) is 8.15. The third-order valence-electron chi connectivity index (χ3n) is 2.40. The number of nitrogens with one attached hydrogen (secondary N) is 1. The van der Waals surface area contributed by atoms with Crippen LogP contribution in [0.5, 0.6) is 0 Å². The van der Waals surface area contributed by atoms with Gasteiger partial charge in [0.15, 0.2) is 0 Å². The molecule has 1 fully saturated rings. The molecule has 1 aliphatic heterocycles. The van der Waals surface area contributed by atoms with E-state index in [0.717, 1.165) is 5.92 Å². The van der Waals surface area contributed by atoms with Crippen LogP contribution < -0.4 is 5.32 Å². The minimum absolute atomic E-state index is 0.379. The Labute approximate surface area is 70.0 Å². The van der Waals surface area contributed by atoms with Gasteiger partial charge in [0.05, 0.1) is 0 Å². The molecule has 0 aromatic heterocycles. The van der Waals surface area contributed by atoms with Crippen LogP contribution in [0.4, 0.5) is 0 Å². The van der Waals surface area contributed by atoms with Gasteiger partial charge in [-0.3, -0.25) is 4.90 Å². The highest BCUT2D eigenvalue weighted by molar-refractivity contribution is 4.89. The van der Waals surface area contributed by atoms with E-state index in [4.69, 9.17) is 0 Å². The van der Waals surface area contributed by atoms with Gasteiger partial charge in [-0.1, -0.05) is 0 Å². The van der Waals surface area contributed by atoms with Crippen LogP contribution in [-0.2, 0) is 0 Å². The van der Waals surface area contributed by atoms with Crippen molar-refractivity contribution >= 4 is 0 Å². The predicted octanol–water partition coefficient (Wildman–Crippen LogP) is 0.936. The number of likely N-dealkylation sites (tertiary alicyclic amines) is 1. The maximum atomic E-state index is 3.21. The van der Waals surface area contributed by atoms with Crippen molar-refractivity contribution in [1.82, 2.24) is 10.2 Å². The zero-order chi connectivity index (χ0) is 8.48. The Kier molecular flexibility index (Phi) is 2.55. The SMILES string of the molecule is CNCC1CN(C(C)(C)C)C1. The fourth-order valence-electron chi connectivity index (χ4n) is 1.54. The molecule has 2 heteroatoms. The summed E-state index contributed by atoms with van der Waals surface area (Å²) in [5, 5.41) is 3.21. The minimum Gasteiger partial charge on any atom is -0.319 e. The smallest absolute Gasteiger partial charge is 0.0125 e. The lowest BCUT2D eigenvalue weighted by molar-refractivity contribution is 0.0154. The molecule has 0 aromatic rings. The molecule has 0 aliphatic carbocycles. The van der Waals surface area contributed by atoms with Gasteiger partial charge in [0, 0.05) is 25.2 Å². The molecule has 0 saturated carbocycles. The Bertz CT molecular complexity index is 120. The van der Waals surface area contributed by atoms with Crippen LogP contribution in [0.1, 0.15) is 20.8 Å². The summed E-state index contributed by atoms with van der Waals surface area (Å²) in [5.74, 6) is 0.888. The van der Waals surface area contributed by atoms with Crippen molar-refractivity contribution in [3.8, 4) is 0 Å². The Hall–Kier alpha value is -0.0800. The van der Waals surface area contributed by atoms with E-state index in [2.05, 4.69) is 31.0 Å². The summed E-state index contributed by atoms with van der Waals surface area (Å²) < 4.78 is 0. The number of rotatable bonds is 2. The van der Waals surface area contributed by atoms with Crippen molar-refractivity contribution < 1.29 is 0 Å². The van der Waals surface area contributed by atoms with Crippen molar-refractivity contribution in [2.24, 2.45) is 5.92 Å². The highest BCUT2D eigenvalue weighted by atomic mass is 15.2. The maximum absolute atomic E-state index is 3.21. The second kappa shape index (κ2) is 3.11. The standard InChI is InChI=1S/C9H20N2/c1-9(2,3)11-6-8(7-11)5-10-4/h8,10H,5-7H2,1-4H3. The first-order valence-corrected chi connectivity index (χ1v) is 4.43. The molecule has 1 rings (SSSR count). The summed E-state index contributed by atoms with van der Waals surface area (Å²) in [6, 6.07) is 0. The fourth-order valence-corrected chi connectivity index (χ4v) is 1.54. The Balaban J connectivity index is 2.19. The lowest BCUT2D eigenvalue weighted by Gasteiger charge is -2.47. The second-order valence-corrected chi connectivity index (χ2v) is 4.50. The zero-order valence-corrected chi connectivity index (χ0v) is 8.15. The molecule has 1 heterocycles. The quantitative estimate of drug-likeness (QED) is 0.640. The first-order valence-electron chi connectivity index (χ1n) is 4.43. The van der Waals surface area contributed by atoms with E-state index in [1.165, 1.54) is 19.6 Å². The normalized spacial score (nSPS) is 21.8. The Morgan fingerprint density at radius 2 is 1.91 bits per heavy atom. The monoisotopic (exact) mass is 156 g/mol. The van der Waals surface area contributed by atoms with E-state index in [9.17, 15) is 0 Å². The molecule has 66 valence electrons. The molecular formula is C9H20N2. The van der Waals surface area contributed by atoms with E-state index in [0.29, 0.717) is 5.54 Å². The van der Waals surface area contributed by atoms with Gasteiger partial charge in [0.2, 0.25) is 0 Å². The van der Waals surface area contributed by atoms with Gasteiger partial charge in [-0.25, -0.2) is 0 Å². The van der Waals surface area contributed by atoms with Crippen LogP contribution in [0.2, 0.25) is 0 Å².